The first-order chi connectivity index (χ1) is 8.54. The van der Waals surface area contributed by atoms with Crippen LogP contribution in [0.15, 0.2) is 0 Å². The predicted octanol–water partition coefficient (Wildman–Crippen LogP) is 0.842. The molecule has 1 aliphatic carbocycles. The Hall–Kier alpha value is -1.10. The topological polar surface area (TPSA) is 69.6 Å². The summed E-state index contributed by atoms with van der Waals surface area (Å²) in [5.74, 6) is -0.247. The van der Waals surface area contributed by atoms with Gasteiger partial charge < -0.3 is 15.3 Å². The van der Waals surface area contributed by atoms with Gasteiger partial charge in [-0.05, 0) is 51.5 Å². The second-order valence-corrected chi connectivity index (χ2v) is 5.66. The molecule has 2 N–H and O–H groups in total. The van der Waals surface area contributed by atoms with E-state index in [1.54, 1.807) is 11.8 Å². The van der Waals surface area contributed by atoms with Crippen molar-refractivity contribution in [1.29, 1.82) is 0 Å². The normalized spacial score (nSPS) is 28.2. The summed E-state index contributed by atoms with van der Waals surface area (Å²) in [7, 11) is 0. The summed E-state index contributed by atoms with van der Waals surface area (Å²) in [5.41, 5.74) is -1.02. The van der Waals surface area contributed by atoms with E-state index in [4.69, 9.17) is 0 Å². The highest BCUT2D eigenvalue weighted by Crippen LogP contribution is 2.29. The summed E-state index contributed by atoms with van der Waals surface area (Å²) in [5, 5.41) is 12.5. The van der Waals surface area contributed by atoms with Gasteiger partial charge in [0.05, 0.1) is 6.54 Å². The number of hydrogen-bond donors (Lipinski definition) is 2. The summed E-state index contributed by atoms with van der Waals surface area (Å²) in [6.45, 7) is 3.36. The molecule has 2 aliphatic rings. The molecule has 0 spiro atoms. The molecule has 2 fully saturated rings. The number of carbonyl (C=O) groups excluding carboxylic acids is 1. The minimum absolute atomic E-state index is 0.0831. The molecule has 0 aromatic heterocycles. The molecular weight excluding hydrogens is 232 g/mol. The molecule has 5 heteroatoms. The van der Waals surface area contributed by atoms with E-state index in [-0.39, 0.29) is 12.5 Å². The standard InChI is InChI=1S/C13H22N2O3/c1-13(12(17)18)6-2-3-7-15(13)11(16)9-14-8-10-4-5-10/h10,14H,2-9H2,1H3,(H,17,18). The Bertz CT molecular complexity index is 341. The second kappa shape index (κ2) is 5.26. The fourth-order valence-corrected chi connectivity index (χ4v) is 2.54. The van der Waals surface area contributed by atoms with Gasteiger partial charge in [0, 0.05) is 6.54 Å². The molecule has 0 bridgehead atoms. The van der Waals surface area contributed by atoms with E-state index >= 15 is 0 Å². The molecule has 1 amide bonds. The number of piperidine rings is 1. The van der Waals surface area contributed by atoms with Crippen molar-refractivity contribution in [1.82, 2.24) is 10.2 Å². The minimum Gasteiger partial charge on any atom is -0.480 e. The van der Waals surface area contributed by atoms with Crippen molar-refractivity contribution in [2.24, 2.45) is 5.92 Å². The van der Waals surface area contributed by atoms with Gasteiger partial charge in [-0.2, -0.15) is 0 Å². The van der Waals surface area contributed by atoms with E-state index in [0.29, 0.717) is 13.0 Å². The summed E-state index contributed by atoms with van der Waals surface area (Å²) >= 11 is 0. The Kier molecular flexibility index (Phi) is 3.90. The lowest BCUT2D eigenvalue weighted by atomic mass is 9.88. The first kappa shape index (κ1) is 13.3. The quantitative estimate of drug-likeness (QED) is 0.763. The Morgan fingerprint density at radius 1 is 1.39 bits per heavy atom. The molecule has 1 saturated carbocycles. The minimum atomic E-state index is -1.02. The van der Waals surface area contributed by atoms with Crippen molar-refractivity contribution in [3.8, 4) is 0 Å². The Morgan fingerprint density at radius 2 is 2.11 bits per heavy atom. The highest BCUT2D eigenvalue weighted by Gasteiger charge is 2.43. The number of carboxylic acid groups (broad SMARTS) is 1. The van der Waals surface area contributed by atoms with Gasteiger partial charge in [0.2, 0.25) is 5.91 Å². The van der Waals surface area contributed by atoms with Gasteiger partial charge in [0.25, 0.3) is 0 Å². The SMILES string of the molecule is CC1(C(=O)O)CCCCN1C(=O)CNCC1CC1. The Balaban J connectivity index is 1.90. The summed E-state index contributed by atoms with van der Waals surface area (Å²) in [6, 6.07) is 0. The average molecular weight is 254 g/mol. The lowest BCUT2D eigenvalue weighted by molar-refractivity contribution is -0.160. The van der Waals surface area contributed by atoms with Crippen molar-refractivity contribution in [2.75, 3.05) is 19.6 Å². The van der Waals surface area contributed by atoms with Crippen LogP contribution in [0.4, 0.5) is 0 Å². The molecule has 2 rings (SSSR count). The average Bonchev–Trinajstić information content (AvgIpc) is 3.13. The van der Waals surface area contributed by atoms with Crippen LogP contribution in [0.3, 0.4) is 0 Å². The first-order valence-corrected chi connectivity index (χ1v) is 6.78. The molecule has 0 aromatic rings. The van der Waals surface area contributed by atoms with Crippen LogP contribution in [-0.2, 0) is 9.59 Å². The van der Waals surface area contributed by atoms with Crippen LogP contribution in [0.5, 0.6) is 0 Å². The van der Waals surface area contributed by atoms with Crippen molar-refractivity contribution < 1.29 is 14.7 Å². The summed E-state index contributed by atoms with van der Waals surface area (Å²) in [6.07, 6.45) is 4.82. The molecule has 1 unspecified atom stereocenters. The number of hydrogen-bond acceptors (Lipinski definition) is 3. The molecule has 1 saturated heterocycles. The fraction of sp³-hybridized carbons (Fsp3) is 0.846. The summed E-state index contributed by atoms with van der Waals surface area (Å²) < 4.78 is 0. The third-order valence-electron chi connectivity index (χ3n) is 4.06. The molecule has 0 radical (unpaired) electrons. The maximum atomic E-state index is 12.1. The molecule has 1 atom stereocenters. The lowest BCUT2D eigenvalue weighted by Gasteiger charge is -2.41. The lowest BCUT2D eigenvalue weighted by Crippen LogP contribution is -2.59. The number of rotatable bonds is 5. The maximum Gasteiger partial charge on any atom is 0.329 e. The van der Waals surface area contributed by atoms with Crippen LogP contribution < -0.4 is 5.32 Å². The van der Waals surface area contributed by atoms with Gasteiger partial charge in [0.15, 0.2) is 0 Å². The number of nitrogens with one attached hydrogen (secondary N) is 1. The molecule has 18 heavy (non-hydrogen) atoms. The van der Waals surface area contributed by atoms with Crippen LogP contribution in [0.25, 0.3) is 0 Å². The van der Waals surface area contributed by atoms with E-state index in [1.807, 2.05) is 0 Å². The third-order valence-corrected chi connectivity index (χ3v) is 4.06. The van der Waals surface area contributed by atoms with Crippen molar-refractivity contribution in [2.45, 2.75) is 44.6 Å². The molecule has 102 valence electrons. The van der Waals surface area contributed by atoms with Crippen molar-refractivity contribution in [3.63, 3.8) is 0 Å². The van der Waals surface area contributed by atoms with Gasteiger partial charge in [-0.25, -0.2) is 4.79 Å². The van der Waals surface area contributed by atoms with E-state index in [2.05, 4.69) is 5.32 Å². The predicted molar refractivity (Wildman–Crippen MR) is 67.2 cm³/mol. The number of amides is 1. The number of carboxylic acids is 1. The van der Waals surface area contributed by atoms with Crippen molar-refractivity contribution >= 4 is 11.9 Å². The molecule has 1 heterocycles. The van der Waals surface area contributed by atoms with Crippen molar-refractivity contribution in [3.05, 3.63) is 0 Å². The van der Waals surface area contributed by atoms with Gasteiger partial charge in [-0.3, -0.25) is 4.79 Å². The van der Waals surface area contributed by atoms with Gasteiger partial charge in [-0.15, -0.1) is 0 Å². The highest BCUT2D eigenvalue weighted by molar-refractivity contribution is 5.87. The van der Waals surface area contributed by atoms with Gasteiger partial charge in [0.1, 0.15) is 5.54 Å². The Labute approximate surface area is 108 Å². The highest BCUT2D eigenvalue weighted by atomic mass is 16.4. The molecule has 5 nitrogen and oxygen atoms in total. The van der Waals surface area contributed by atoms with Crippen LogP contribution >= 0.6 is 0 Å². The van der Waals surface area contributed by atoms with Crippen LogP contribution in [0.1, 0.15) is 39.0 Å². The van der Waals surface area contributed by atoms with E-state index in [1.165, 1.54) is 12.8 Å². The van der Waals surface area contributed by atoms with Gasteiger partial charge >= 0.3 is 5.97 Å². The number of carbonyl (C=O) groups is 2. The van der Waals surface area contributed by atoms with Crippen LogP contribution in [-0.4, -0.2) is 47.1 Å². The molecule has 1 aliphatic heterocycles. The van der Waals surface area contributed by atoms with E-state index in [0.717, 1.165) is 25.3 Å². The number of aliphatic carboxylic acids is 1. The number of likely N-dealkylation sites (tertiary alicyclic amines) is 1. The van der Waals surface area contributed by atoms with E-state index < -0.39 is 11.5 Å². The van der Waals surface area contributed by atoms with Crippen LogP contribution in [0, 0.1) is 5.92 Å². The second-order valence-electron chi connectivity index (χ2n) is 5.66. The third kappa shape index (κ3) is 2.83. The number of nitrogens with zero attached hydrogens (tertiary/aromatic N) is 1. The Morgan fingerprint density at radius 3 is 2.72 bits per heavy atom. The summed E-state index contributed by atoms with van der Waals surface area (Å²) in [4.78, 5) is 25.0. The first-order valence-electron chi connectivity index (χ1n) is 6.78. The van der Waals surface area contributed by atoms with E-state index in [9.17, 15) is 14.7 Å². The maximum absolute atomic E-state index is 12.1. The van der Waals surface area contributed by atoms with Gasteiger partial charge in [-0.1, -0.05) is 0 Å². The molecule has 0 aromatic carbocycles. The fourth-order valence-electron chi connectivity index (χ4n) is 2.54. The smallest absolute Gasteiger partial charge is 0.329 e. The zero-order valence-corrected chi connectivity index (χ0v) is 10.9. The van der Waals surface area contributed by atoms with Crippen LogP contribution in [0.2, 0.25) is 0 Å². The zero-order chi connectivity index (χ0) is 13.2. The molecular formula is C13H22N2O3. The monoisotopic (exact) mass is 254 g/mol. The zero-order valence-electron chi connectivity index (χ0n) is 10.9. The largest absolute Gasteiger partial charge is 0.480 e.